The number of amides is 1. The fraction of sp³-hybridized carbons (Fsp3) is 0.150. The van der Waals surface area contributed by atoms with Crippen LogP contribution in [-0.2, 0) is 26.0 Å². The van der Waals surface area contributed by atoms with Crippen molar-refractivity contribution in [1.82, 2.24) is 4.72 Å². The van der Waals surface area contributed by atoms with Crippen molar-refractivity contribution in [3.8, 4) is 0 Å². The Kier molecular flexibility index (Phi) is 5.99. The van der Waals surface area contributed by atoms with E-state index in [0.717, 1.165) is 0 Å². The lowest BCUT2D eigenvalue weighted by Crippen LogP contribution is -2.42. The number of sulfonamides is 1. The number of carbonyl (C=O) groups is 2. The van der Waals surface area contributed by atoms with E-state index in [1.807, 2.05) is 0 Å². The first-order valence-electron chi connectivity index (χ1n) is 8.80. The van der Waals surface area contributed by atoms with Crippen LogP contribution in [0.5, 0.6) is 0 Å². The van der Waals surface area contributed by atoms with Crippen LogP contribution in [-0.4, -0.2) is 31.4 Å². The maximum atomic E-state index is 12.8. The van der Waals surface area contributed by atoms with Crippen LogP contribution in [0, 0.1) is 0 Å². The smallest absolute Gasteiger partial charge is 0.360 e. The van der Waals surface area contributed by atoms with Crippen molar-refractivity contribution in [3.63, 3.8) is 0 Å². The summed E-state index contributed by atoms with van der Waals surface area (Å²) < 4.78 is 32.8. The number of hydrogen-bond donors (Lipinski definition) is 3. The topological polar surface area (TPSA) is 143 Å². The van der Waals surface area contributed by atoms with Gasteiger partial charge in [0.05, 0.1) is 4.90 Å². The van der Waals surface area contributed by atoms with Gasteiger partial charge < -0.3 is 14.8 Å². The van der Waals surface area contributed by atoms with Crippen molar-refractivity contribution in [2.45, 2.75) is 24.3 Å². The number of carbonyl (C=O) groups excluding carboxylic acids is 1. The summed E-state index contributed by atoms with van der Waals surface area (Å²) >= 11 is 0. The van der Waals surface area contributed by atoms with E-state index in [2.05, 4.69) is 10.0 Å². The van der Waals surface area contributed by atoms with Gasteiger partial charge in [0.1, 0.15) is 17.3 Å². The van der Waals surface area contributed by atoms with Crippen molar-refractivity contribution in [1.29, 1.82) is 0 Å². The fourth-order valence-electron chi connectivity index (χ4n) is 2.83. The molecule has 9 nitrogen and oxygen atoms in total. The highest BCUT2D eigenvalue weighted by Crippen LogP contribution is 2.21. The van der Waals surface area contributed by atoms with Gasteiger partial charge in [0.15, 0.2) is 0 Å². The van der Waals surface area contributed by atoms with E-state index in [0.29, 0.717) is 5.56 Å². The number of nitrogens with one attached hydrogen (secondary N) is 2. The molecule has 0 saturated carbocycles. The van der Waals surface area contributed by atoms with Crippen molar-refractivity contribution < 1.29 is 27.5 Å². The molecule has 0 fully saturated rings. The molecule has 0 spiro atoms. The molecule has 3 aromatic rings. The first-order chi connectivity index (χ1) is 14.2. The van der Waals surface area contributed by atoms with Crippen LogP contribution < -0.4 is 15.7 Å². The van der Waals surface area contributed by atoms with Crippen LogP contribution in [0.15, 0.2) is 68.7 Å². The number of carboxylic acid groups (broad SMARTS) is 1. The summed E-state index contributed by atoms with van der Waals surface area (Å²) in [5, 5.41) is 12.0. The fourth-order valence-corrected chi connectivity index (χ4v) is 4.05. The van der Waals surface area contributed by atoms with Crippen molar-refractivity contribution in [2.24, 2.45) is 0 Å². The van der Waals surface area contributed by atoms with Gasteiger partial charge in [0.25, 0.3) is 0 Å². The molecule has 0 aliphatic heterocycles. The lowest BCUT2D eigenvalue weighted by atomic mass is 10.1. The highest BCUT2D eigenvalue weighted by Gasteiger charge is 2.26. The zero-order chi connectivity index (χ0) is 21.9. The number of fused-ring (bicyclic) bond motifs is 1. The lowest BCUT2D eigenvalue weighted by molar-refractivity contribution is -0.138. The molecule has 2 aromatic carbocycles. The second-order valence-electron chi connectivity index (χ2n) is 6.53. The van der Waals surface area contributed by atoms with Gasteiger partial charge in [-0.25, -0.2) is 13.2 Å². The minimum absolute atomic E-state index is 0.0372. The maximum absolute atomic E-state index is 12.8. The van der Waals surface area contributed by atoms with E-state index in [1.54, 1.807) is 30.3 Å². The molecule has 10 heteroatoms. The standard InChI is InChI=1S/C20H18N2O7S/c1-12(23)21-17-11-14-10-15(7-8-18(14)29-20(17)26)30(27,28)22-16(19(24)25)9-13-5-3-2-4-6-13/h2-8,10-11,16,22H,9H2,1H3,(H,21,23)(H,24,25)/t16-/m0/s1. The molecule has 0 radical (unpaired) electrons. The van der Waals surface area contributed by atoms with Gasteiger partial charge in [-0.3, -0.25) is 9.59 Å². The number of carboxylic acids is 1. The van der Waals surface area contributed by atoms with Gasteiger partial charge in [0, 0.05) is 12.3 Å². The first-order valence-corrected chi connectivity index (χ1v) is 10.3. The molecule has 3 rings (SSSR count). The van der Waals surface area contributed by atoms with Gasteiger partial charge in [0.2, 0.25) is 15.9 Å². The Bertz CT molecular complexity index is 1270. The molecule has 0 bridgehead atoms. The first kappa shape index (κ1) is 21.2. The largest absolute Gasteiger partial charge is 0.480 e. The highest BCUT2D eigenvalue weighted by molar-refractivity contribution is 7.89. The summed E-state index contributed by atoms with van der Waals surface area (Å²) in [5.74, 6) is -1.81. The third-order valence-electron chi connectivity index (χ3n) is 4.20. The summed E-state index contributed by atoms with van der Waals surface area (Å²) in [6.45, 7) is 1.22. The predicted molar refractivity (Wildman–Crippen MR) is 109 cm³/mol. The Balaban J connectivity index is 1.93. The Morgan fingerprint density at radius 2 is 1.80 bits per heavy atom. The highest BCUT2D eigenvalue weighted by atomic mass is 32.2. The summed E-state index contributed by atoms with van der Waals surface area (Å²) in [6.07, 6.45) is -0.0372. The Hall–Kier alpha value is -3.50. The number of aliphatic carboxylic acids is 1. The van der Waals surface area contributed by atoms with Crippen molar-refractivity contribution in [2.75, 3.05) is 5.32 Å². The summed E-state index contributed by atoms with van der Waals surface area (Å²) in [6, 6.07) is 12.3. The Morgan fingerprint density at radius 1 is 1.10 bits per heavy atom. The van der Waals surface area contributed by atoms with Gasteiger partial charge in [-0.2, -0.15) is 4.72 Å². The van der Waals surface area contributed by atoms with Crippen LogP contribution in [0.2, 0.25) is 0 Å². The minimum atomic E-state index is -4.20. The second kappa shape index (κ2) is 8.47. The van der Waals surface area contributed by atoms with E-state index in [1.165, 1.54) is 31.2 Å². The quantitative estimate of drug-likeness (QED) is 0.484. The summed E-state index contributed by atoms with van der Waals surface area (Å²) in [5.41, 5.74) is -0.134. The average molecular weight is 430 g/mol. The summed E-state index contributed by atoms with van der Waals surface area (Å²) in [4.78, 5) is 34.5. The van der Waals surface area contributed by atoms with E-state index in [9.17, 15) is 27.9 Å². The second-order valence-corrected chi connectivity index (χ2v) is 8.24. The van der Waals surface area contributed by atoms with Crippen LogP contribution >= 0.6 is 0 Å². The number of hydrogen-bond acceptors (Lipinski definition) is 6. The van der Waals surface area contributed by atoms with Gasteiger partial charge >= 0.3 is 11.6 Å². The molecule has 1 aromatic heterocycles. The lowest BCUT2D eigenvalue weighted by Gasteiger charge is -2.15. The molecular formula is C20H18N2O7S. The third kappa shape index (κ3) is 4.91. The van der Waals surface area contributed by atoms with Gasteiger partial charge in [-0.15, -0.1) is 0 Å². The molecule has 0 aliphatic carbocycles. The average Bonchev–Trinajstić information content (AvgIpc) is 2.68. The molecule has 0 saturated heterocycles. The van der Waals surface area contributed by atoms with Crippen LogP contribution in [0.3, 0.4) is 0 Å². The third-order valence-corrected chi connectivity index (χ3v) is 5.67. The van der Waals surface area contributed by atoms with Crippen LogP contribution in [0.1, 0.15) is 12.5 Å². The normalized spacial score (nSPS) is 12.4. The molecule has 156 valence electrons. The Labute approximate surface area is 171 Å². The van der Waals surface area contributed by atoms with Crippen molar-refractivity contribution in [3.05, 3.63) is 70.6 Å². The van der Waals surface area contributed by atoms with E-state index in [4.69, 9.17) is 4.42 Å². The van der Waals surface area contributed by atoms with Gasteiger partial charge in [-0.1, -0.05) is 30.3 Å². The molecule has 1 heterocycles. The molecule has 0 unspecified atom stereocenters. The molecule has 0 aliphatic rings. The predicted octanol–water partition coefficient (Wildman–Crippen LogP) is 1.73. The molecule has 1 amide bonds. The van der Waals surface area contributed by atoms with E-state index in [-0.39, 0.29) is 28.0 Å². The molecule has 1 atom stereocenters. The Morgan fingerprint density at radius 3 is 2.43 bits per heavy atom. The number of rotatable bonds is 7. The SMILES string of the molecule is CC(=O)Nc1cc2cc(S(=O)(=O)N[C@@H](Cc3ccccc3)C(=O)O)ccc2oc1=O. The van der Waals surface area contributed by atoms with Crippen LogP contribution in [0.4, 0.5) is 5.69 Å². The number of benzene rings is 2. The van der Waals surface area contributed by atoms with Crippen LogP contribution in [0.25, 0.3) is 11.0 Å². The maximum Gasteiger partial charge on any atom is 0.360 e. The van der Waals surface area contributed by atoms with E-state index >= 15 is 0 Å². The minimum Gasteiger partial charge on any atom is -0.480 e. The monoisotopic (exact) mass is 430 g/mol. The van der Waals surface area contributed by atoms with Gasteiger partial charge in [-0.05, 0) is 36.2 Å². The zero-order valence-corrected chi connectivity index (χ0v) is 16.6. The zero-order valence-electron chi connectivity index (χ0n) is 15.8. The molecular weight excluding hydrogens is 412 g/mol. The van der Waals surface area contributed by atoms with Crippen molar-refractivity contribution >= 4 is 38.6 Å². The number of anilines is 1. The molecule has 3 N–H and O–H groups in total. The van der Waals surface area contributed by atoms with E-state index < -0.39 is 33.6 Å². The molecule has 30 heavy (non-hydrogen) atoms. The summed E-state index contributed by atoms with van der Waals surface area (Å²) in [7, 11) is -4.20.